The van der Waals surface area contributed by atoms with E-state index in [4.69, 9.17) is 4.74 Å². The molecule has 0 saturated heterocycles. The Morgan fingerprint density at radius 3 is 2.90 bits per heavy atom. The maximum atomic E-state index is 9.59. The number of phenolic OH excluding ortho intramolecular Hbond substituents is 1. The van der Waals surface area contributed by atoms with E-state index in [0.717, 1.165) is 21.8 Å². The molecule has 0 spiro atoms. The molecule has 0 aliphatic rings. The zero-order chi connectivity index (χ0) is 14.8. The molecule has 21 heavy (non-hydrogen) atoms. The number of benzene rings is 2. The molecule has 0 unspecified atom stereocenters. The molecular weight excluding hydrogens is 284 g/mol. The Morgan fingerprint density at radius 1 is 1.24 bits per heavy atom. The summed E-state index contributed by atoms with van der Waals surface area (Å²) in [5.74, 6) is 0.644. The number of aryl methyl sites for hydroxylation is 1. The van der Waals surface area contributed by atoms with Crippen LogP contribution in [0.15, 0.2) is 36.4 Å². The van der Waals surface area contributed by atoms with Crippen molar-refractivity contribution in [3.63, 3.8) is 0 Å². The van der Waals surface area contributed by atoms with Crippen molar-refractivity contribution in [3.8, 4) is 11.5 Å². The van der Waals surface area contributed by atoms with E-state index in [9.17, 15) is 5.11 Å². The average Bonchev–Trinajstić information content (AvgIpc) is 2.85. The summed E-state index contributed by atoms with van der Waals surface area (Å²) in [5.41, 5.74) is 3.14. The monoisotopic (exact) mass is 300 g/mol. The lowest BCUT2D eigenvalue weighted by atomic mass is 10.2. The van der Waals surface area contributed by atoms with E-state index in [1.54, 1.807) is 24.5 Å². The van der Waals surface area contributed by atoms with E-state index in [-0.39, 0.29) is 5.75 Å². The molecule has 1 heterocycles. The lowest BCUT2D eigenvalue weighted by molar-refractivity contribution is 0.373. The number of anilines is 1. The second-order valence-electron chi connectivity index (χ2n) is 4.78. The van der Waals surface area contributed by atoms with E-state index in [2.05, 4.69) is 16.4 Å². The Bertz CT molecular complexity index is 783. The number of nitrogens with one attached hydrogen (secondary N) is 1. The van der Waals surface area contributed by atoms with Crippen LogP contribution in [-0.2, 0) is 6.54 Å². The Balaban J connectivity index is 1.76. The van der Waals surface area contributed by atoms with E-state index in [1.807, 2.05) is 31.2 Å². The molecule has 0 amide bonds. The van der Waals surface area contributed by atoms with Gasteiger partial charge >= 0.3 is 0 Å². The fourth-order valence-electron chi connectivity index (χ4n) is 2.19. The van der Waals surface area contributed by atoms with Crippen LogP contribution in [0.3, 0.4) is 0 Å². The first kappa shape index (κ1) is 13.7. The maximum absolute atomic E-state index is 9.59. The summed E-state index contributed by atoms with van der Waals surface area (Å²) in [6, 6.07) is 11.5. The minimum Gasteiger partial charge on any atom is -0.504 e. The van der Waals surface area contributed by atoms with Gasteiger partial charge in [-0.1, -0.05) is 6.07 Å². The molecule has 4 nitrogen and oxygen atoms in total. The van der Waals surface area contributed by atoms with Gasteiger partial charge in [0.2, 0.25) is 0 Å². The Hall–Kier alpha value is -2.27. The van der Waals surface area contributed by atoms with Gasteiger partial charge in [0, 0.05) is 12.2 Å². The number of rotatable bonds is 4. The number of phenols is 1. The summed E-state index contributed by atoms with van der Waals surface area (Å²) in [5, 5.41) is 14.0. The number of fused-ring (bicyclic) bond motifs is 1. The van der Waals surface area contributed by atoms with Gasteiger partial charge in [-0.15, -0.1) is 11.3 Å². The van der Waals surface area contributed by atoms with Gasteiger partial charge in [0.25, 0.3) is 0 Å². The van der Waals surface area contributed by atoms with Crippen LogP contribution in [0.4, 0.5) is 5.69 Å². The summed E-state index contributed by atoms with van der Waals surface area (Å²) in [4.78, 5) is 4.45. The largest absolute Gasteiger partial charge is 0.504 e. The van der Waals surface area contributed by atoms with E-state index >= 15 is 0 Å². The third-order valence-electron chi connectivity index (χ3n) is 3.24. The Labute approximate surface area is 127 Å². The minimum atomic E-state index is 0.155. The predicted octanol–water partition coefficient (Wildman–Crippen LogP) is 3.93. The fraction of sp³-hybridized carbons (Fsp3) is 0.188. The molecule has 3 aromatic rings. The molecule has 108 valence electrons. The molecule has 0 fully saturated rings. The van der Waals surface area contributed by atoms with Crippen molar-refractivity contribution in [2.45, 2.75) is 13.5 Å². The lowest BCUT2D eigenvalue weighted by Crippen LogP contribution is -1.99. The zero-order valence-corrected chi connectivity index (χ0v) is 12.7. The van der Waals surface area contributed by atoms with Gasteiger partial charge in [-0.25, -0.2) is 4.98 Å². The quantitative estimate of drug-likeness (QED) is 0.766. The molecule has 0 aliphatic carbocycles. The lowest BCUT2D eigenvalue weighted by Gasteiger charge is -2.09. The van der Waals surface area contributed by atoms with Crippen molar-refractivity contribution in [1.29, 1.82) is 0 Å². The van der Waals surface area contributed by atoms with Gasteiger partial charge < -0.3 is 15.2 Å². The SMILES string of the molecule is COc1cc(CNc2ccc3nc(C)sc3c2)ccc1O. The highest BCUT2D eigenvalue weighted by molar-refractivity contribution is 7.18. The molecule has 0 radical (unpaired) electrons. The third kappa shape index (κ3) is 2.92. The molecule has 1 aromatic heterocycles. The van der Waals surface area contributed by atoms with E-state index < -0.39 is 0 Å². The van der Waals surface area contributed by atoms with Crippen molar-refractivity contribution >= 4 is 27.2 Å². The summed E-state index contributed by atoms with van der Waals surface area (Å²) in [6.45, 7) is 2.68. The van der Waals surface area contributed by atoms with Crippen LogP contribution >= 0.6 is 11.3 Å². The van der Waals surface area contributed by atoms with Crippen LogP contribution in [-0.4, -0.2) is 17.2 Å². The van der Waals surface area contributed by atoms with E-state index in [0.29, 0.717) is 12.3 Å². The first-order valence-corrected chi connectivity index (χ1v) is 7.44. The molecular formula is C16H16N2O2S. The van der Waals surface area contributed by atoms with Crippen LogP contribution in [0, 0.1) is 6.92 Å². The fourth-order valence-corrected chi connectivity index (χ4v) is 3.05. The number of methoxy groups -OCH3 is 1. The maximum Gasteiger partial charge on any atom is 0.160 e. The van der Waals surface area contributed by atoms with Crippen molar-refractivity contribution in [1.82, 2.24) is 4.98 Å². The Kier molecular flexibility index (Phi) is 3.66. The number of ether oxygens (including phenoxy) is 1. The van der Waals surface area contributed by atoms with Gasteiger partial charge in [0.05, 0.1) is 22.3 Å². The third-order valence-corrected chi connectivity index (χ3v) is 4.17. The summed E-state index contributed by atoms with van der Waals surface area (Å²) in [6.07, 6.45) is 0. The Morgan fingerprint density at radius 2 is 2.10 bits per heavy atom. The molecule has 0 bridgehead atoms. The van der Waals surface area contributed by atoms with Crippen LogP contribution in [0.1, 0.15) is 10.6 Å². The van der Waals surface area contributed by atoms with Crippen molar-refractivity contribution < 1.29 is 9.84 Å². The zero-order valence-electron chi connectivity index (χ0n) is 11.9. The molecule has 0 saturated carbocycles. The molecule has 0 atom stereocenters. The average molecular weight is 300 g/mol. The van der Waals surface area contributed by atoms with Crippen LogP contribution < -0.4 is 10.1 Å². The van der Waals surface area contributed by atoms with Crippen molar-refractivity contribution in [3.05, 3.63) is 47.0 Å². The number of thiazole rings is 1. The van der Waals surface area contributed by atoms with Gasteiger partial charge in [-0.05, 0) is 42.8 Å². The first-order valence-electron chi connectivity index (χ1n) is 6.62. The standard InChI is InChI=1S/C16H16N2O2S/c1-10-18-13-5-4-12(8-16(13)21-10)17-9-11-3-6-14(19)15(7-11)20-2/h3-8,17,19H,9H2,1-2H3. The number of aromatic hydroxyl groups is 1. The summed E-state index contributed by atoms with van der Waals surface area (Å²) < 4.78 is 6.29. The number of nitrogens with zero attached hydrogens (tertiary/aromatic N) is 1. The van der Waals surface area contributed by atoms with Crippen LogP contribution in [0.2, 0.25) is 0 Å². The summed E-state index contributed by atoms with van der Waals surface area (Å²) in [7, 11) is 1.55. The number of aromatic nitrogens is 1. The minimum absolute atomic E-state index is 0.155. The first-order chi connectivity index (χ1) is 10.2. The predicted molar refractivity (Wildman–Crippen MR) is 86.3 cm³/mol. The van der Waals surface area contributed by atoms with Gasteiger partial charge in [-0.3, -0.25) is 0 Å². The second-order valence-corrected chi connectivity index (χ2v) is 6.01. The van der Waals surface area contributed by atoms with Crippen LogP contribution in [0.5, 0.6) is 11.5 Å². The van der Waals surface area contributed by atoms with Crippen molar-refractivity contribution in [2.75, 3.05) is 12.4 Å². The molecule has 0 aliphatic heterocycles. The van der Waals surface area contributed by atoms with E-state index in [1.165, 1.54) is 4.70 Å². The van der Waals surface area contributed by atoms with Gasteiger partial charge in [0.15, 0.2) is 11.5 Å². The molecule has 3 rings (SSSR count). The highest BCUT2D eigenvalue weighted by atomic mass is 32.1. The number of hydrogen-bond donors (Lipinski definition) is 2. The molecule has 2 N–H and O–H groups in total. The number of hydrogen-bond acceptors (Lipinski definition) is 5. The topological polar surface area (TPSA) is 54.4 Å². The van der Waals surface area contributed by atoms with Crippen LogP contribution in [0.25, 0.3) is 10.2 Å². The van der Waals surface area contributed by atoms with Gasteiger partial charge in [0.1, 0.15) is 0 Å². The molecule has 5 heteroatoms. The van der Waals surface area contributed by atoms with Gasteiger partial charge in [-0.2, -0.15) is 0 Å². The highest BCUT2D eigenvalue weighted by Crippen LogP contribution is 2.28. The molecule has 2 aromatic carbocycles. The highest BCUT2D eigenvalue weighted by Gasteiger charge is 2.04. The normalized spacial score (nSPS) is 10.8. The van der Waals surface area contributed by atoms with Crippen molar-refractivity contribution in [2.24, 2.45) is 0 Å². The smallest absolute Gasteiger partial charge is 0.160 e. The second kappa shape index (κ2) is 5.61. The summed E-state index contributed by atoms with van der Waals surface area (Å²) >= 11 is 1.69.